The topological polar surface area (TPSA) is 0 Å². The van der Waals surface area contributed by atoms with Crippen LogP contribution in [0.5, 0.6) is 0 Å². The van der Waals surface area contributed by atoms with Gasteiger partial charge in [0.05, 0.1) is 0 Å². The van der Waals surface area contributed by atoms with E-state index in [1.807, 2.05) is 0 Å². The summed E-state index contributed by atoms with van der Waals surface area (Å²) >= 11 is 5.20. The summed E-state index contributed by atoms with van der Waals surface area (Å²) in [5, 5.41) is 0. The highest BCUT2D eigenvalue weighted by Crippen LogP contribution is 2.29. The third-order valence-electron chi connectivity index (χ3n) is 1.85. The Balaban J connectivity index is 2.32. The average Bonchev–Trinajstić information content (AvgIpc) is 1.99. The molecule has 1 aliphatic carbocycles. The molecule has 0 aromatic rings. The Morgan fingerprint density at radius 2 is 1.22 bits per heavy atom. The molecule has 0 saturated heterocycles. The van der Waals surface area contributed by atoms with E-state index in [1.54, 1.807) is 0 Å². The Bertz CT molecular complexity index is 73.0. The van der Waals surface area contributed by atoms with Gasteiger partial charge in [-0.05, 0) is 12.8 Å². The summed E-state index contributed by atoms with van der Waals surface area (Å²) in [7, 11) is 0. The molecule has 0 N–H and O–H groups in total. The first kappa shape index (κ1) is 8.56. The fraction of sp³-hybridized carbons (Fsp3) is 1.00. The summed E-state index contributed by atoms with van der Waals surface area (Å²) in [6, 6.07) is 0. The van der Waals surface area contributed by atoms with E-state index in [1.165, 1.54) is 32.1 Å². The van der Waals surface area contributed by atoms with Gasteiger partial charge in [-0.3, -0.25) is 0 Å². The summed E-state index contributed by atoms with van der Waals surface area (Å²) in [6.45, 7) is 0. The smallest absolute Gasteiger partial charge is 0.0227 e. The van der Waals surface area contributed by atoms with E-state index in [2.05, 4.69) is 45.2 Å². The van der Waals surface area contributed by atoms with Crippen LogP contribution in [0.1, 0.15) is 32.1 Å². The van der Waals surface area contributed by atoms with Crippen molar-refractivity contribution in [2.75, 3.05) is 0 Å². The van der Waals surface area contributed by atoms with Crippen LogP contribution in [0.3, 0.4) is 0 Å². The lowest BCUT2D eigenvalue weighted by Gasteiger charge is -2.10. The van der Waals surface area contributed by atoms with E-state index in [0.29, 0.717) is 0 Å². The lowest BCUT2D eigenvalue weighted by atomic mass is 10.2. The molecule has 0 heterocycles. The van der Waals surface area contributed by atoms with Crippen LogP contribution in [0.15, 0.2) is 0 Å². The van der Waals surface area contributed by atoms with E-state index in [9.17, 15) is 0 Å². The van der Waals surface area contributed by atoms with E-state index in [-0.39, 0.29) is 0 Å². The molecule has 0 amide bonds. The van der Waals surface area contributed by atoms with Gasteiger partial charge in [-0.2, -0.15) is 0 Å². The summed E-state index contributed by atoms with van der Waals surface area (Å²) < 4.78 is 1.90. The van der Waals surface area contributed by atoms with Gasteiger partial charge < -0.3 is 0 Å². The van der Waals surface area contributed by atoms with Crippen LogP contribution in [0.2, 0.25) is 0 Å². The van der Waals surface area contributed by atoms with Gasteiger partial charge in [-0.25, -0.2) is 0 Å². The molecule has 2 heteroatoms. The largest absolute Gasteiger partial charge is 0.0815 e. The van der Waals surface area contributed by atoms with Gasteiger partial charge in [0.1, 0.15) is 0 Å². The zero-order valence-electron chi connectivity index (χ0n) is 5.45. The molecule has 2 unspecified atom stereocenters. The second kappa shape index (κ2) is 4.36. The van der Waals surface area contributed by atoms with E-state index in [4.69, 9.17) is 0 Å². The zero-order valence-corrected chi connectivity index (χ0v) is 9.76. The van der Waals surface area contributed by atoms with Gasteiger partial charge in [0.25, 0.3) is 0 Å². The van der Waals surface area contributed by atoms with E-state index < -0.39 is 0 Å². The number of hydrogen-bond acceptors (Lipinski definition) is 0. The highest BCUT2D eigenvalue weighted by Gasteiger charge is 2.17. The van der Waals surface area contributed by atoms with Crippen LogP contribution in [-0.4, -0.2) is 7.85 Å². The molecule has 1 aliphatic rings. The predicted octanol–water partition coefficient (Wildman–Crippen LogP) is 3.56. The Morgan fingerprint density at radius 3 is 1.67 bits per heavy atom. The standard InChI is InChI=1S/C7H12I2/c8-6-4-2-1-3-5-7(6)9/h6-7H,1-5H2. The molecule has 1 rings (SSSR count). The Labute approximate surface area is 84.4 Å². The third-order valence-corrected chi connectivity index (χ3v) is 6.21. The molecule has 2 atom stereocenters. The molecule has 0 aliphatic heterocycles. The molecule has 9 heavy (non-hydrogen) atoms. The number of alkyl halides is 2. The fourth-order valence-electron chi connectivity index (χ4n) is 1.22. The maximum atomic E-state index is 2.60. The van der Waals surface area contributed by atoms with Crippen molar-refractivity contribution < 1.29 is 0 Å². The molecule has 0 radical (unpaired) electrons. The van der Waals surface area contributed by atoms with Crippen LogP contribution in [-0.2, 0) is 0 Å². The molecule has 1 saturated carbocycles. The maximum Gasteiger partial charge on any atom is 0.0227 e. The third kappa shape index (κ3) is 2.91. The van der Waals surface area contributed by atoms with Gasteiger partial charge >= 0.3 is 0 Å². The fourth-order valence-corrected chi connectivity index (χ4v) is 2.82. The van der Waals surface area contributed by atoms with Crippen molar-refractivity contribution in [2.45, 2.75) is 40.0 Å². The van der Waals surface area contributed by atoms with Crippen molar-refractivity contribution in [1.82, 2.24) is 0 Å². The second-order valence-electron chi connectivity index (χ2n) is 2.67. The Kier molecular flexibility index (Phi) is 4.15. The molecule has 0 nitrogen and oxygen atoms in total. The molecule has 54 valence electrons. The predicted molar refractivity (Wildman–Crippen MR) is 58.7 cm³/mol. The van der Waals surface area contributed by atoms with Crippen LogP contribution >= 0.6 is 45.2 Å². The quantitative estimate of drug-likeness (QED) is 0.356. The second-order valence-corrected chi connectivity index (χ2v) is 5.87. The SMILES string of the molecule is IC1CCCCCC1I. The molecule has 0 bridgehead atoms. The van der Waals surface area contributed by atoms with Crippen LogP contribution < -0.4 is 0 Å². The Morgan fingerprint density at radius 1 is 0.778 bits per heavy atom. The van der Waals surface area contributed by atoms with Crippen molar-refractivity contribution in [3.63, 3.8) is 0 Å². The minimum Gasteiger partial charge on any atom is -0.0815 e. The first-order valence-corrected chi connectivity index (χ1v) is 6.08. The molecule has 1 fully saturated rings. The highest BCUT2D eigenvalue weighted by molar-refractivity contribution is 14.1. The van der Waals surface area contributed by atoms with Gasteiger partial charge in [-0.15, -0.1) is 0 Å². The lowest BCUT2D eigenvalue weighted by Crippen LogP contribution is -2.10. The average molecular weight is 350 g/mol. The van der Waals surface area contributed by atoms with Gasteiger partial charge in [0, 0.05) is 7.85 Å². The van der Waals surface area contributed by atoms with Crippen LogP contribution in [0.25, 0.3) is 0 Å². The summed E-state index contributed by atoms with van der Waals surface area (Å²) in [6.07, 6.45) is 7.31. The first-order chi connectivity index (χ1) is 4.30. The highest BCUT2D eigenvalue weighted by atomic mass is 127. The maximum absolute atomic E-state index is 2.60. The monoisotopic (exact) mass is 350 g/mol. The van der Waals surface area contributed by atoms with E-state index >= 15 is 0 Å². The lowest BCUT2D eigenvalue weighted by molar-refractivity contribution is 0.706. The van der Waals surface area contributed by atoms with Crippen molar-refractivity contribution >= 4 is 45.2 Å². The van der Waals surface area contributed by atoms with Crippen molar-refractivity contribution in [1.29, 1.82) is 0 Å². The van der Waals surface area contributed by atoms with Crippen LogP contribution in [0.4, 0.5) is 0 Å². The minimum absolute atomic E-state index is 0.950. The van der Waals surface area contributed by atoms with Crippen molar-refractivity contribution in [3.8, 4) is 0 Å². The number of halogens is 2. The van der Waals surface area contributed by atoms with Gasteiger partial charge in [0.2, 0.25) is 0 Å². The number of hydrogen-bond donors (Lipinski definition) is 0. The zero-order chi connectivity index (χ0) is 6.69. The summed E-state index contributed by atoms with van der Waals surface area (Å²) in [5.74, 6) is 0. The Hall–Kier alpha value is 1.46. The molecule has 0 aromatic carbocycles. The van der Waals surface area contributed by atoms with Crippen molar-refractivity contribution in [3.05, 3.63) is 0 Å². The van der Waals surface area contributed by atoms with Gasteiger partial charge in [0.15, 0.2) is 0 Å². The van der Waals surface area contributed by atoms with Crippen molar-refractivity contribution in [2.24, 2.45) is 0 Å². The normalized spacial score (nSPS) is 38.0. The van der Waals surface area contributed by atoms with E-state index in [0.717, 1.165) is 7.85 Å². The molecular formula is C7H12I2. The van der Waals surface area contributed by atoms with Gasteiger partial charge in [-0.1, -0.05) is 64.4 Å². The van der Waals surface area contributed by atoms with Crippen LogP contribution in [0, 0.1) is 0 Å². The minimum atomic E-state index is 0.950. The summed E-state index contributed by atoms with van der Waals surface area (Å²) in [4.78, 5) is 0. The summed E-state index contributed by atoms with van der Waals surface area (Å²) in [5.41, 5.74) is 0. The number of rotatable bonds is 0. The molecule has 0 aromatic heterocycles. The molecular weight excluding hydrogens is 338 g/mol. The first-order valence-electron chi connectivity index (χ1n) is 3.59. The molecule has 0 spiro atoms.